The molecule has 0 aliphatic carbocycles. The van der Waals surface area contributed by atoms with Crippen LogP contribution in [-0.2, 0) is 16.1 Å². The Kier molecular flexibility index (Phi) is 13.4. The molecule has 0 radical (unpaired) electrons. The zero-order chi connectivity index (χ0) is 36.5. The lowest BCUT2D eigenvalue weighted by Gasteiger charge is -2.39. The first-order chi connectivity index (χ1) is 24.4. The number of carboxylic acid groups (broad SMARTS) is 1. The minimum absolute atomic E-state index is 0.0768. The van der Waals surface area contributed by atoms with E-state index in [1.54, 1.807) is 7.11 Å². The van der Waals surface area contributed by atoms with Crippen molar-refractivity contribution in [1.29, 1.82) is 0 Å². The fourth-order valence-electron chi connectivity index (χ4n) is 7.68. The van der Waals surface area contributed by atoms with Gasteiger partial charge in [0.1, 0.15) is 11.5 Å². The van der Waals surface area contributed by atoms with Gasteiger partial charge in [-0.25, -0.2) is 0 Å². The average Bonchev–Trinajstić information content (AvgIpc) is 3.12. The molecule has 51 heavy (non-hydrogen) atoms. The van der Waals surface area contributed by atoms with Crippen molar-refractivity contribution < 1.29 is 29.0 Å². The van der Waals surface area contributed by atoms with E-state index < -0.39 is 5.97 Å². The highest BCUT2D eigenvalue weighted by Gasteiger charge is 2.31. The third-order valence-corrected chi connectivity index (χ3v) is 10.8. The lowest BCUT2D eigenvalue weighted by Crippen LogP contribution is -2.50. The number of piperidine rings is 2. The number of likely N-dealkylation sites (tertiary alicyclic amines) is 2. The van der Waals surface area contributed by atoms with Gasteiger partial charge in [-0.2, -0.15) is 0 Å². The van der Waals surface area contributed by atoms with Crippen molar-refractivity contribution in [2.24, 2.45) is 5.92 Å². The molecule has 0 spiro atoms. The molecule has 1 N–H and O–H groups in total. The van der Waals surface area contributed by atoms with Crippen LogP contribution in [0.25, 0.3) is 0 Å². The molecule has 3 aliphatic heterocycles. The van der Waals surface area contributed by atoms with E-state index in [9.17, 15) is 14.4 Å². The second kappa shape index (κ2) is 17.7. The second-order valence-corrected chi connectivity index (χ2v) is 15.4. The number of ether oxygens (including phenoxy) is 2. The predicted molar refractivity (Wildman–Crippen MR) is 198 cm³/mol. The number of hydrogen-bond acceptors (Lipinski definition) is 8. The van der Waals surface area contributed by atoms with E-state index in [1.165, 1.54) is 0 Å². The van der Waals surface area contributed by atoms with Crippen LogP contribution in [-0.4, -0.2) is 139 Å². The molecule has 1 unspecified atom stereocenters. The van der Waals surface area contributed by atoms with Crippen LogP contribution in [0, 0.1) is 5.92 Å². The van der Waals surface area contributed by atoms with Crippen LogP contribution in [0.1, 0.15) is 80.8 Å². The largest absolute Gasteiger partial charge is 0.497 e. The number of carboxylic acids is 1. The molecule has 3 fully saturated rings. The van der Waals surface area contributed by atoms with Crippen molar-refractivity contribution in [3.63, 3.8) is 0 Å². The zero-order valence-corrected chi connectivity index (χ0v) is 31.4. The van der Waals surface area contributed by atoms with Crippen molar-refractivity contribution in [2.75, 3.05) is 85.7 Å². The molecule has 0 saturated carbocycles. The number of nitrogens with zero attached hydrogens (tertiary/aromatic N) is 5. The molecular weight excluding hydrogens is 646 g/mol. The van der Waals surface area contributed by atoms with Gasteiger partial charge < -0.3 is 24.4 Å². The van der Waals surface area contributed by atoms with E-state index in [0.29, 0.717) is 45.2 Å². The first kappa shape index (κ1) is 38.6. The summed E-state index contributed by atoms with van der Waals surface area (Å²) in [5, 5.41) is 9.07. The Morgan fingerprint density at radius 2 is 1.65 bits per heavy atom. The highest BCUT2D eigenvalue weighted by molar-refractivity contribution is 5.94. The number of benzene rings is 2. The molecule has 0 aromatic heterocycles. The van der Waals surface area contributed by atoms with Crippen LogP contribution in [0.15, 0.2) is 42.5 Å². The van der Waals surface area contributed by atoms with Gasteiger partial charge in [-0.1, -0.05) is 18.2 Å². The number of carbonyl (C=O) groups excluding carboxylic acids is 2. The maximum atomic E-state index is 13.9. The predicted octanol–water partition coefficient (Wildman–Crippen LogP) is 4.66. The molecule has 0 bridgehead atoms. The molecular formula is C40H59N5O6. The summed E-state index contributed by atoms with van der Waals surface area (Å²) in [6.45, 7) is 17.2. The Bertz CT molecular complexity index is 1480. The van der Waals surface area contributed by atoms with E-state index in [-0.39, 0.29) is 29.8 Å². The Labute approximate surface area is 304 Å². The third-order valence-electron chi connectivity index (χ3n) is 10.8. The average molecular weight is 706 g/mol. The van der Waals surface area contributed by atoms with Gasteiger partial charge in [0.2, 0.25) is 5.91 Å². The van der Waals surface area contributed by atoms with Crippen LogP contribution in [0.4, 0.5) is 0 Å². The first-order valence-corrected chi connectivity index (χ1v) is 18.8. The molecule has 3 heterocycles. The molecule has 2 aromatic rings. The van der Waals surface area contributed by atoms with Gasteiger partial charge in [0.15, 0.2) is 0 Å². The number of amides is 2. The molecule has 11 nitrogen and oxygen atoms in total. The van der Waals surface area contributed by atoms with Crippen molar-refractivity contribution in [1.82, 2.24) is 24.5 Å². The van der Waals surface area contributed by atoms with Gasteiger partial charge in [0.05, 0.1) is 26.8 Å². The van der Waals surface area contributed by atoms with E-state index in [0.717, 1.165) is 93.1 Å². The molecule has 5 rings (SSSR count). The maximum absolute atomic E-state index is 13.9. The summed E-state index contributed by atoms with van der Waals surface area (Å²) in [7, 11) is 1.65. The van der Waals surface area contributed by atoms with E-state index in [1.807, 2.05) is 52.0 Å². The van der Waals surface area contributed by atoms with E-state index in [4.69, 9.17) is 14.6 Å². The molecule has 3 saturated heterocycles. The molecule has 2 amide bonds. The van der Waals surface area contributed by atoms with Gasteiger partial charge in [-0.15, -0.1) is 0 Å². The normalized spacial score (nSPS) is 19.7. The summed E-state index contributed by atoms with van der Waals surface area (Å²) >= 11 is 0. The number of aliphatic carboxylic acids is 1. The SMILES string of the molecule is CCOc1cc(OC)ccc1CN(CC(=O)N1CCCC(c2cccc(C(=O)N3CCN(CC4CCN(CC(=O)O)CC4)CC3)c2)C1)C(C)(C)C. The van der Waals surface area contributed by atoms with Crippen LogP contribution in [0.3, 0.4) is 0 Å². The summed E-state index contributed by atoms with van der Waals surface area (Å²) in [5.41, 5.74) is 2.63. The number of methoxy groups -OCH3 is 1. The van der Waals surface area contributed by atoms with Gasteiger partial charge in [0.25, 0.3) is 5.91 Å². The Morgan fingerprint density at radius 1 is 0.902 bits per heavy atom. The van der Waals surface area contributed by atoms with Gasteiger partial charge in [0, 0.05) is 81.0 Å². The van der Waals surface area contributed by atoms with Crippen LogP contribution < -0.4 is 9.47 Å². The molecule has 2 aromatic carbocycles. The second-order valence-electron chi connectivity index (χ2n) is 15.4. The van der Waals surface area contributed by atoms with E-state index >= 15 is 0 Å². The van der Waals surface area contributed by atoms with E-state index in [2.05, 4.69) is 42.7 Å². The minimum atomic E-state index is -0.756. The number of carbonyl (C=O) groups is 3. The maximum Gasteiger partial charge on any atom is 0.317 e. The summed E-state index contributed by atoms with van der Waals surface area (Å²) in [5.74, 6) is 1.73. The smallest absolute Gasteiger partial charge is 0.317 e. The molecule has 3 aliphatic rings. The van der Waals surface area contributed by atoms with Gasteiger partial charge in [-0.05, 0) is 96.1 Å². The fraction of sp³-hybridized carbons (Fsp3) is 0.625. The first-order valence-electron chi connectivity index (χ1n) is 18.8. The third kappa shape index (κ3) is 10.7. The lowest BCUT2D eigenvalue weighted by molar-refractivity contribution is -0.138. The van der Waals surface area contributed by atoms with Crippen molar-refractivity contribution >= 4 is 17.8 Å². The Morgan fingerprint density at radius 3 is 2.31 bits per heavy atom. The standard InChI is InChI=1S/C40H59N5O6/c1-6-51-36-24-35(50-5)13-12-34(36)27-45(40(2,3)4)28-37(46)44-16-8-11-33(26-44)31-9-7-10-32(23-31)39(49)43-21-19-42(20-22-43)25-30-14-17-41(18-15-30)29-38(47)48/h7,9-10,12-13,23-24,30,33H,6,8,11,14-22,25-29H2,1-5H3,(H,47,48). The monoisotopic (exact) mass is 705 g/mol. The fourth-order valence-corrected chi connectivity index (χ4v) is 7.68. The lowest BCUT2D eigenvalue weighted by atomic mass is 9.89. The summed E-state index contributed by atoms with van der Waals surface area (Å²) in [4.78, 5) is 49.2. The quantitative estimate of drug-likeness (QED) is 0.319. The number of piperazine rings is 1. The van der Waals surface area contributed by atoms with Crippen LogP contribution in [0.5, 0.6) is 11.5 Å². The molecule has 11 heteroatoms. The van der Waals surface area contributed by atoms with Crippen molar-refractivity contribution in [2.45, 2.75) is 71.4 Å². The Balaban J connectivity index is 1.14. The molecule has 1 atom stereocenters. The highest BCUT2D eigenvalue weighted by Crippen LogP contribution is 2.31. The molecule has 280 valence electrons. The van der Waals surface area contributed by atoms with Crippen molar-refractivity contribution in [3.05, 3.63) is 59.2 Å². The van der Waals surface area contributed by atoms with Gasteiger partial charge >= 0.3 is 5.97 Å². The highest BCUT2D eigenvalue weighted by atomic mass is 16.5. The van der Waals surface area contributed by atoms with Gasteiger partial charge in [-0.3, -0.25) is 29.1 Å². The summed E-state index contributed by atoms with van der Waals surface area (Å²) in [6, 6.07) is 13.9. The number of rotatable bonds is 13. The Hall–Kier alpha value is -3.67. The summed E-state index contributed by atoms with van der Waals surface area (Å²) < 4.78 is 11.4. The number of hydrogen-bond donors (Lipinski definition) is 1. The zero-order valence-electron chi connectivity index (χ0n) is 31.4. The van der Waals surface area contributed by atoms with Crippen molar-refractivity contribution in [3.8, 4) is 11.5 Å². The topological polar surface area (TPSA) is 106 Å². The summed E-state index contributed by atoms with van der Waals surface area (Å²) in [6.07, 6.45) is 3.97. The van der Waals surface area contributed by atoms with Crippen LogP contribution in [0.2, 0.25) is 0 Å². The minimum Gasteiger partial charge on any atom is -0.497 e. The van der Waals surface area contributed by atoms with Crippen LogP contribution >= 0.6 is 0 Å².